The number of nitrogens with one attached hydrogen (secondary N) is 2. The molecule has 3 aromatic heterocycles. The number of carbonyl (C=O) groups excluding carboxylic acids is 1. The Bertz CT molecular complexity index is 1290. The van der Waals surface area contributed by atoms with Gasteiger partial charge in [-0.15, -0.1) is 11.3 Å². The maximum atomic E-state index is 12.9. The molecule has 1 atom stereocenters. The van der Waals surface area contributed by atoms with Gasteiger partial charge in [0, 0.05) is 46.4 Å². The summed E-state index contributed by atoms with van der Waals surface area (Å²) in [6.45, 7) is 1.52. The number of rotatable bonds is 3. The first-order valence-electron chi connectivity index (χ1n) is 9.54. The van der Waals surface area contributed by atoms with Crippen LogP contribution in [0, 0.1) is 0 Å². The van der Waals surface area contributed by atoms with Crippen molar-refractivity contribution in [3.05, 3.63) is 50.9 Å². The summed E-state index contributed by atoms with van der Waals surface area (Å²) in [6.07, 6.45) is 0.993. The highest BCUT2D eigenvalue weighted by Gasteiger charge is 2.28. The zero-order valence-corrected chi connectivity index (χ0v) is 17.0. The molecule has 0 saturated carbocycles. The van der Waals surface area contributed by atoms with E-state index in [-0.39, 0.29) is 11.5 Å². The SMILES string of the molecule is CN(C)[C@H]1CCN(C(=O)c2ccc3cc(-c4nc5cscc5[nH]c4=O)[nH]c3c2)C1. The summed E-state index contributed by atoms with van der Waals surface area (Å²) in [4.78, 5) is 40.1. The first-order chi connectivity index (χ1) is 14.0. The van der Waals surface area contributed by atoms with Crippen LogP contribution in [0.25, 0.3) is 33.3 Å². The van der Waals surface area contributed by atoms with E-state index in [1.165, 1.54) is 11.3 Å². The maximum Gasteiger partial charge on any atom is 0.276 e. The third-order valence-corrected chi connectivity index (χ3v) is 6.37. The van der Waals surface area contributed by atoms with Crippen LogP contribution < -0.4 is 5.56 Å². The Morgan fingerprint density at radius 2 is 2.07 bits per heavy atom. The Kier molecular flexibility index (Phi) is 4.25. The molecule has 0 bridgehead atoms. The zero-order valence-electron chi connectivity index (χ0n) is 16.2. The van der Waals surface area contributed by atoms with Crippen LogP contribution in [0.4, 0.5) is 0 Å². The van der Waals surface area contributed by atoms with Gasteiger partial charge in [0.25, 0.3) is 11.5 Å². The molecular weight excluding hydrogens is 386 g/mol. The predicted molar refractivity (Wildman–Crippen MR) is 116 cm³/mol. The van der Waals surface area contributed by atoms with Crippen LogP contribution in [0.1, 0.15) is 16.8 Å². The minimum absolute atomic E-state index is 0.0445. The number of likely N-dealkylation sites (N-methyl/N-ethyl adjacent to an activating group) is 1. The smallest absolute Gasteiger partial charge is 0.276 e. The average Bonchev–Trinajstić information content (AvgIpc) is 3.44. The van der Waals surface area contributed by atoms with Gasteiger partial charge < -0.3 is 19.8 Å². The fourth-order valence-corrected chi connectivity index (χ4v) is 4.62. The molecule has 0 radical (unpaired) electrons. The molecule has 29 heavy (non-hydrogen) atoms. The molecule has 1 amide bonds. The van der Waals surface area contributed by atoms with Crippen molar-refractivity contribution in [3.8, 4) is 11.4 Å². The summed E-state index contributed by atoms with van der Waals surface area (Å²) >= 11 is 1.50. The molecule has 0 unspecified atom stereocenters. The van der Waals surface area contributed by atoms with Gasteiger partial charge in [-0.3, -0.25) is 9.59 Å². The quantitative estimate of drug-likeness (QED) is 0.547. The van der Waals surface area contributed by atoms with Gasteiger partial charge in [0.15, 0.2) is 5.69 Å². The van der Waals surface area contributed by atoms with Gasteiger partial charge in [0.2, 0.25) is 0 Å². The standard InChI is InChI=1S/C21H21N5O2S/c1-25(2)14-5-6-26(9-14)21(28)13-4-3-12-7-16(22-15(12)8-13)19-20(27)24-18-11-29-10-17(18)23-19/h3-4,7-8,10-11,14,22H,5-6,9H2,1-2H3,(H,24,27)/t14-/m0/s1. The average molecular weight is 407 g/mol. The number of likely N-dealkylation sites (tertiary alicyclic amines) is 1. The molecule has 4 aromatic rings. The fourth-order valence-electron chi connectivity index (χ4n) is 3.92. The molecular formula is C21H21N5O2S. The highest BCUT2D eigenvalue weighted by Crippen LogP contribution is 2.25. The number of amides is 1. The summed E-state index contributed by atoms with van der Waals surface area (Å²) in [5.41, 5.74) is 3.76. The Balaban J connectivity index is 1.48. The minimum Gasteiger partial charge on any atom is -0.353 e. The monoisotopic (exact) mass is 407 g/mol. The van der Waals surface area contributed by atoms with Crippen LogP contribution >= 0.6 is 11.3 Å². The van der Waals surface area contributed by atoms with Gasteiger partial charge in [-0.1, -0.05) is 6.07 Å². The number of hydrogen-bond donors (Lipinski definition) is 2. The van der Waals surface area contributed by atoms with Crippen LogP contribution in [0.3, 0.4) is 0 Å². The van der Waals surface area contributed by atoms with Crippen LogP contribution in [-0.4, -0.2) is 63.9 Å². The number of H-pyrrole nitrogens is 2. The van der Waals surface area contributed by atoms with Crippen LogP contribution in [0.5, 0.6) is 0 Å². The molecule has 7 nitrogen and oxygen atoms in total. The number of aromatic nitrogens is 3. The maximum absolute atomic E-state index is 12.9. The second-order valence-corrected chi connectivity index (χ2v) is 8.47. The summed E-state index contributed by atoms with van der Waals surface area (Å²) in [5, 5.41) is 4.72. The molecule has 1 aliphatic rings. The van der Waals surface area contributed by atoms with E-state index in [0.717, 1.165) is 41.4 Å². The number of hydrogen-bond acceptors (Lipinski definition) is 5. The van der Waals surface area contributed by atoms with Gasteiger partial charge in [-0.2, -0.15) is 0 Å². The first kappa shape index (κ1) is 18.1. The lowest BCUT2D eigenvalue weighted by atomic mass is 10.1. The fraction of sp³-hybridized carbons (Fsp3) is 0.286. The molecule has 1 fully saturated rings. The van der Waals surface area contributed by atoms with Crippen LogP contribution in [0.2, 0.25) is 0 Å². The molecule has 0 aliphatic carbocycles. The second-order valence-electron chi connectivity index (χ2n) is 7.73. The lowest BCUT2D eigenvalue weighted by Crippen LogP contribution is -2.34. The first-order valence-corrected chi connectivity index (χ1v) is 10.5. The van der Waals surface area contributed by atoms with E-state index in [1.807, 2.05) is 54.0 Å². The summed E-state index contributed by atoms with van der Waals surface area (Å²) in [5.74, 6) is 0.0445. The number of nitrogens with zero attached hydrogens (tertiary/aromatic N) is 3. The van der Waals surface area contributed by atoms with Crippen LogP contribution in [-0.2, 0) is 0 Å². The Morgan fingerprint density at radius 1 is 1.21 bits per heavy atom. The third kappa shape index (κ3) is 3.14. The van der Waals surface area contributed by atoms with Crippen molar-refractivity contribution in [1.82, 2.24) is 24.8 Å². The van der Waals surface area contributed by atoms with Gasteiger partial charge in [0.1, 0.15) is 0 Å². The van der Waals surface area contributed by atoms with Crippen molar-refractivity contribution in [2.45, 2.75) is 12.5 Å². The van der Waals surface area contributed by atoms with Gasteiger partial charge in [0.05, 0.1) is 16.7 Å². The largest absolute Gasteiger partial charge is 0.353 e. The highest BCUT2D eigenvalue weighted by molar-refractivity contribution is 7.09. The van der Waals surface area contributed by atoms with Crippen molar-refractivity contribution in [1.29, 1.82) is 0 Å². The Hall–Kier alpha value is -2.97. The van der Waals surface area contributed by atoms with Gasteiger partial charge in [-0.25, -0.2) is 4.98 Å². The number of benzene rings is 1. The molecule has 148 valence electrons. The van der Waals surface area contributed by atoms with E-state index in [1.54, 1.807) is 0 Å². The molecule has 1 aliphatic heterocycles. The molecule has 5 rings (SSSR count). The van der Waals surface area contributed by atoms with E-state index in [4.69, 9.17) is 0 Å². The van der Waals surface area contributed by atoms with Crippen molar-refractivity contribution < 1.29 is 4.79 Å². The van der Waals surface area contributed by atoms with Crippen molar-refractivity contribution in [3.63, 3.8) is 0 Å². The summed E-state index contributed by atoms with van der Waals surface area (Å²) < 4.78 is 0. The van der Waals surface area contributed by atoms with E-state index in [9.17, 15) is 9.59 Å². The lowest BCUT2D eigenvalue weighted by Gasteiger charge is -2.20. The molecule has 1 saturated heterocycles. The Morgan fingerprint density at radius 3 is 2.86 bits per heavy atom. The molecule has 1 aromatic carbocycles. The summed E-state index contributed by atoms with van der Waals surface area (Å²) in [7, 11) is 4.10. The van der Waals surface area contributed by atoms with Crippen molar-refractivity contribution in [2.24, 2.45) is 0 Å². The second kappa shape index (κ2) is 6.82. The number of carbonyl (C=O) groups is 1. The number of fused-ring (bicyclic) bond motifs is 2. The zero-order chi connectivity index (χ0) is 20.1. The van der Waals surface area contributed by atoms with Crippen molar-refractivity contribution in [2.75, 3.05) is 27.2 Å². The van der Waals surface area contributed by atoms with E-state index in [2.05, 4.69) is 19.9 Å². The summed E-state index contributed by atoms with van der Waals surface area (Å²) in [6, 6.07) is 7.94. The Labute approximate surface area is 171 Å². The van der Waals surface area contributed by atoms with Gasteiger partial charge >= 0.3 is 0 Å². The van der Waals surface area contributed by atoms with E-state index >= 15 is 0 Å². The predicted octanol–water partition coefficient (Wildman–Crippen LogP) is 2.91. The van der Waals surface area contributed by atoms with E-state index < -0.39 is 0 Å². The highest BCUT2D eigenvalue weighted by atomic mass is 32.1. The number of aromatic amines is 2. The molecule has 8 heteroatoms. The lowest BCUT2D eigenvalue weighted by molar-refractivity contribution is 0.0783. The molecule has 4 heterocycles. The number of thiophene rings is 1. The van der Waals surface area contributed by atoms with Gasteiger partial charge in [-0.05, 0) is 38.7 Å². The topological polar surface area (TPSA) is 85.1 Å². The molecule has 2 N–H and O–H groups in total. The minimum atomic E-state index is -0.231. The third-order valence-electron chi connectivity index (χ3n) is 5.64. The van der Waals surface area contributed by atoms with Crippen molar-refractivity contribution >= 4 is 39.2 Å². The normalized spacial score (nSPS) is 17.1. The van der Waals surface area contributed by atoms with Crippen LogP contribution in [0.15, 0.2) is 39.8 Å². The molecule has 0 spiro atoms. The van der Waals surface area contributed by atoms with E-state index in [0.29, 0.717) is 23.0 Å².